The summed E-state index contributed by atoms with van der Waals surface area (Å²) >= 11 is 8.66. The first-order chi connectivity index (χ1) is 2.41. The standard InChI is InChI=1S/OP2S2/c4-2-1-3-5. The van der Waals surface area contributed by atoms with Crippen LogP contribution in [0, 0.1) is 0 Å². The highest BCUT2D eigenvalue weighted by Gasteiger charge is 1.57. The van der Waals surface area contributed by atoms with Gasteiger partial charge in [0.25, 0.3) is 0 Å². The molecule has 0 aromatic carbocycles. The van der Waals surface area contributed by atoms with Gasteiger partial charge in [0, 0.05) is 0 Å². The van der Waals surface area contributed by atoms with E-state index in [0.717, 1.165) is 0 Å². The average Bonchev–Trinajstić information content (AvgIpc) is 1.41. The van der Waals surface area contributed by atoms with Gasteiger partial charge in [0.1, 0.15) is 15.2 Å². The average molecular weight is 142 g/mol. The van der Waals surface area contributed by atoms with E-state index in [9.17, 15) is 0 Å². The Morgan fingerprint density at radius 3 is 1.60 bits per heavy atom. The van der Waals surface area contributed by atoms with E-state index in [4.69, 9.17) is 0 Å². The molecule has 0 aliphatic carbocycles. The second-order valence-electron chi connectivity index (χ2n) is 0.231. The lowest BCUT2D eigenvalue weighted by Gasteiger charge is -1.62. The van der Waals surface area contributed by atoms with Crippen molar-refractivity contribution in [1.82, 2.24) is 0 Å². The molecule has 1 nitrogen and oxygen atoms in total. The fourth-order valence-electron chi connectivity index (χ4n) is 0.0136. The summed E-state index contributed by atoms with van der Waals surface area (Å²) in [6, 6.07) is 0. The van der Waals surface area contributed by atoms with Crippen LogP contribution < -0.4 is 0 Å². The van der Waals surface area contributed by atoms with Gasteiger partial charge in [-0.25, -0.2) is 4.31 Å². The predicted molar refractivity (Wildman–Crippen MR) is 29.7 cm³/mol. The van der Waals surface area contributed by atoms with Crippen molar-refractivity contribution in [1.29, 1.82) is 0 Å². The molecular weight excluding hydrogens is 142 g/mol. The Balaban J connectivity index is 2.65. The SMILES string of the molecule is S=POP=S. The van der Waals surface area contributed by atoms with Gasteiger partial charge in [-0.3, -0.25) is 0 Å². The van der Waals surface area contributed by atoms with Crippen LogP contribution in [0.2, 0.25) is 0 Å². The Labute approximate surface area is 43.6 Å². The van der Waals surface area contributed by atoms with Crippen molar-refractivity contribution in [2.24, 2.45) is 0 Å². The first-order valence-corrected chi connectivity index (χ1v) is 4.38. The summed E-state index contributed by atoms with van der Waals surface area (Å²) in [5, 5.41) is 0. The van der Waals surface area contributed by atoms with Crippen LogP contribution in [-0.2, 0) is 27.9 Å². The molecule has 0 rings (SSSR count). The summed E-state index contributed by atoms with van der Waals surface area (Å²) in [6.07, 6.45) is 0. The summed E-state index contributed by atoms with van der Waals surface area (Å²) in [5.74, 6) is 0. The van der Waals surface area contributed by atoms with Crippen LogP contribution in [0.3, 0.4) is 0 Å². The van der Waals surface area contributed by atoms with Gasteiger partial charge >= 0.3 is 0 Å². The maximum atomic E-state index is 4.41. The van der Waals surface area contributed by atoms with Gasteiger partial charge < -0.3 is 0 Å². The minimum absolute atomic E-state index is 0.497. The van der Waals surface area contributed by atoms with Crippen LogP contribution in [0.1, 0.15) is 0 Å². The molecule has 0 radical (unpaired) electrons. The third-order valence-corrected chi connectivity index (χ3v) is 1.80. The molecule has 0 heterocycles. The molecule has 5 heteroatoms. The third kappa shape index (κ3) is 5.00. The lowest BCUT2D eigenvalue weighted by Crippen LogP contribution is -1.24. The van der Waals surface area contributed by atoms with E-state index in [0.29, 0.717) is 15.2 Å². The third-order valence-electron chi connectivity index (χ3n) is 0.0667. The molecule has 0 unspecified atom stereocenters. The lowest BCUT2D eigenvalue weighted by molar-refractivity contribution is 0.757. The number of hydrogen-bond donors (Lipinski definition) is 0. The highest BCUT2D eigenvalue weighted by Crippen LogP contribution is 2.05. The minimum atomic E-state index is 0.497. The van der Waals surface area contributed by atoms with Crippen LogP contribution in [0.25, 0.3) is 0 Å². The molecule has 0 saturated carbocycles. The zero-order chi connectivity index (χ0) is 4.12. The lowest BCUT2D eigenvalue weighted by atomic mass is 15.9. The van der Waals surface area contributed by atoms with E-state index in [1.54, 1.807) is 0 Å². The second kappa shape index (κ2) is 5.00. The fourth-order valence-corrected chi connectivity index (χ4v) is 1.10. The Morgan fingerprint density at radius 2 is 1.60 bits per heavy atom. The molecule has 0 saturated heterocycles. The van der Waals surface area contributed by atoms with E-state index < -0.39 is 0 Å². The van der Waals surface area contributed by atoms with Crippen molar-refractivity contribution < 1.29 is 4.31 Å². The Kier molecular flexibility index (Phi) is 6.00. The van der Waals surface area contributed by atoms with Gasteiger partial charge in [-0.1, -0.05) is 0 Å². The molecule has 0 aromatic rings. The van der Waals surface area contributed by atoms with Crippen LogP contribution in [-0.4, -0.2) is 0 Å². The van der Waals surface area contributed by atoms with Crippen molar-refractivity contribution >= 4 is 38.8 Å². The number of hydrogen-bond acceptors (Lipinski definition) is 3. The summed E-state index contributed by atoms with van der Waals surface area (Å²) in [5.41, 5.74) is 0. The second-order valence-corrected chi connectivity index (χ2v) is 2.08. The smallest absolute Gasteiger partial charge is 0.148 e. The van der Waals surface area contributed by atoms with E-state index in [1.165, 1.54) is 0 Å². The molecule has 0 aliphatic rings. The molecular formula is OP2S2. The van der Waals surface area contributed by atoms with E-state index in [1.807, 2.05) is 0 Å². The van der Waals surface area contributed by atoms with Crippen LogP contribution in [0.15, 0.2) is 0 Å². The van der Waals surface area contributed by atoms with Gasteiger partial charge in [-0.15, -0.1) is 0 Å². The van der Waals surface area contributed by atoms with Gasteiger partial charge in [0.05, 0.1) is 0 Å². The maximum absolute atomic E-state index is 4.41. The first kappa shape index (κ1) is 6.00. The van der Waals surface area contributed by atoms with Crippen molar-refractivity contribution in [3.8, 4) is 0 Å². The summed E-state index contributed by atoms with van der Waals surface area (Å²) in [7, 11) is 0.993. The molecule has 0 spiro atoms. The van der Waals surface area contributed by atoms with E-state index in [-0.39, 0.29) is 0 Å². The van der Waals surface area contributed by atoms with E-state index in [2.05, 4.69) is 27.9 Å². The topological polar surface area (TPSA) is 9.23 Å². The largest absolute Gasteiger partial charge is 0.248 e. The molecule has 0 amide bonds. The number of rotatable bonds is 2. The zero-order valence-corrected chi connectivity index (χ0v) is 5.54. The maximum Gasteiger partial charge on any atom is 0.148 e. The van der Waals surface area contributed by atoms with Crippen LogP contribution in [0.5, 0.6) is 0 Å². The summed E-state index contributed by atoms with van der Waals surface area (Å²) in [6.45, 7) is 0. The Bertz CT molecular complexity index is 36.9. The quantitative estimate of drug-likeness (QED) is 0.542. The summed E-state index contributed by atoms with van der Waals surface area (Å²) in [4.78, 5) is 0. The van der Waals surface area contributed by atoms with Crippen molar-refractivity contribution in [3.05, 3.63) is 0 Å². The minimum Gasteiger partial charge on any atom is -0.248 e. The molecule has 0 aliphatic heterocycles. The molecule has 5 heavy (non-hydrogen) atoms. The van der Waals surface area contributed by atoms with E-state index >= 15 is 0 Å². The molecule has 0 aromatic heterocycles. The van der Waals surface area contributed by atoms with Gasteiger partial charge in [0.15, 0.2) is 0 Å². The highest BCUT2D eigenvalue weighted by molar-refractivity contribution is 8.00. The molecule has 28 valence electrons. The van der Waals surface area contributed by atoms with Gasteiger partial charge in [0.2, 0.25) is 0 Å². The normalized spacial score (nSPS) is 9.60. The Morgan fingerprint density at radius 1 is 1.20 bits per heavy atom. The Hall–Kier alpha value is 1.00. The highest BCUT2D eigenvalue weighted by atomic mass is 32.4. The van der Waals surface area contributed by atoms with Gasteiger partial charge in [-0.2, -0.15) is 0 Å². The fraction of sp³-hybridized carbons (Fsp3) is 0. The molecule has 0 fully saturated rings. The molecule has 0 atom stereocenters. The van der Waals surface area contributed by atoms with Crippen LogP contribution in [0.4, 0.5) is 0 Å². The predicted octanol–water partition coefficient (Wildman–Crippen LogP) is 1.65. The van der Waals surface area contributed by atoms with Crippen molar-refractivity contribution in [2.75, 3.05) is 0 Å². The monoisotopic (exact) mass is 142 g/mol. The van der Waals surface area contributed by atoms with Gasteiger partial charge in [-0.05, 0) is 23.6 Å². The van der Waals surface area contributed by atoms with Crippen molar-refractivity contribution in [3.63, 3.8) is 0 Å². The summed E-state index contributed by atoms with van der Waals surface area (Å²) < 4.78 is 4.41. The van der Waals surface area contributed by atoms with Crippen LogP contribution >= 0.6 is 15.2 Å². The zero-order valence-electron chi connectivity index (χ0n) is 2.12. The molecule has 0 bridgehead atoms. The van der Waals surface area contributed by atoms with Crippen molar-refractivity contribution in [2.45, 2.75) is 0 Å². The first-order valence-electron chi connectivity index (χ1n) is 0.730. The molecule has 0 N–H and O–H groups in total.